The Labute approximate surface area is 166 Å². The van der Waals surface area contributed by atoms with E-state index in [2.05, 4.69) is 28.3 Å². The van der Waals surface area contributed by atoms with E-state index in [0.717, 1.165) is 48.2 Å². The van der Waals surface area contributed by atoms with Crippen molar-refractivity contribution in [2.45, 2.75) is 24.8 Å². The molecule has 0 aliphatic carbocycles. The van der Waals surface area contributed by atoms with Gasteiger partial charge in [-0.3, -0.25) is 13.9 Å². The zero-order valence-electron chi connectivity index (χ0n) is 15.3. The van der Waals surface area contributed by atoms with Gasteiger partial charge >= 0.3 is 0 Å². The molecule has 0 bridgehead atoms. The van der Waals surface area contributed by atoms with Gasteiger partial charge in [-0.25, -0.2) is 0 Å². The molecule has 2 aromatic rings. The van der Waals surface area contributed by atoms with Gasteiger partial charge in [0.15, 0.2) is 0 Å². The number of benzene rings is 1. The number of amides is 1. The molecule has 0 atom stereocenters. The number of anilines is 1. The van der Waals surface area contributed by atoms with Gasteiger partial charge in [-0.15, -0.1) is 12.4 Å². The molecule has 7 nitrogen and oxygen atoms in total. The molecule has 1 amide bonds. The van der Waals surface area contributed by atoms with Gasteiger partial charge < -0.3 is 20.9 Å². The molecule has 1 aromatic heterocycles. The van der Waals surface area contributed by atoms with Crippen LogP contribution in [0.4, 0.5) is 5.69 Å². The fourth-order valence-electron chi connectivity index (χ4n) is 3.92. The number of carbonyl (C=O) groups excluding carboxylic acids is 1. The molecule has 0 spiro atoms. The number of halogens is 1. The van der Waals surface area contributed by atoms with Crippen LogP contribution in [0.15, 0.2) is 18.2 Å². The number of hydrogen-bond donors (Lipinski definition) is 5. The Morgan fingerprint density at radius 2 is 1.93 bits per heavy atom. The Bertz CT molecular complexity index is 842. The Balaban J connectivity index is 0.00000210. The summed E-state index contributed by atoms with van der Waals surface area (Å²) in [7, 11) is -0.331. The number of rotatable bonds is 4. The minimum Gasteiger partial charge on any atom is -0.369 e. The van der Waals surface area contributed by atoms with E-state index in [1.165, 1.54) is 0 Å². The minimum atomic E-state index is -2.41. The summed E-state index contributed by atoms with van der Waals surface area (Å²) in [5.74, 6) is 0.680. The second-order valence-corrected chi connectivity index (χ2v) is 9.84. The van der Waals surface area contributed by atoms with Crippen molar-refractivity contribution in [3.63, 3.8) is 0 Å². The maximum atomic E-state index is 11.9. The number of fused-ring (bicyclic) bond motifs is 1. The number of nitrogens with one attached hydrogen (secondary N) is 2. The number of aromatic amines is 1. The molecule has 27 heavy (non-hydrogen) atoms. The zero-order valence-corrected chi connectivity index (χ0v) is 16.9. The van der Waals surface area contributed by atoms with E-state index in [0.29, 0.717) is 23.1 Å². The van der Waals surface area contributed by atoms with E-state index in [1.807, 2.05) is 6.07 Å². The first kappa shape index (κ1) is 20.3. The maximum Gasteiger partial charge on any atom is 0.250 e. The third-order valence-corrected chi connectivity index (χ3v) is 7.55. The molecule has 2 aliphatic heterocycles. The Morgan fingerprint density at radius 1 is 1.26 bits per heavy atom. The number of aromatic nitrogens is 1. The standard InChI is InChI=1S/C18H26N4O3S.ClH/c1-22(12-9-20-10-12)16-3-2-13(18(19)23)17-14(16)8-15(21-17)11-4-6-26(24,25)7-5-11;/h2-3,8,11-12,20-21,24-25H,4-7,9-10H2,1H3,(H2,19,23);1H. The van der Waals surface area contributed by atoms with Gasteiger partial charge in [0, 0.05) is 54.3 Å². The van der Waals surface area contributed by atoms with Gasteiger partial charge in [0.2, 0.25) is 0 Å². The van der Waals surface area contributed by atoms with Gasteiger partial charge in [-0.1, -0.05) is 0 Å². The molecule has 0 radical (unpaired) electrons. The second kappa shape index (κ2) is 7.52. The van der Waals surface area contributed by atoms with Gasteiger partial charge in [-0.2, -0.15) is 10.6 Å². The Hall–Kier alpha value is -1.45. The van der Waals surface area contributed by atoms with E-state index in [9.17, 15) is 13.9 Å². The van der Waals surface area contributed by atoms with Gasteiger partial charge in [0.25, 0.3) is 5.91 Å². The van der Waals surface area contributed by atoms with Crippen LogP contribution in [0.1, 0.15) is 34.8 Å². The van der Waals surface area contributed by atoms with Crippen LogP contribution in [-0.2, 0) is 0 Å². The number of H-pyrrole nitrogens is 1. The number of carbonyl (C=O) groups is 1. The highest BCUT2D eigenvalue weighted by Gasteiger charge is 2.28. The van der Waals surface area contributed by atoms with E-state index >= 15 is 0 Å². The largest absolute Gasteiger partial charge is 0.369 e. The van der Waals surface area contributed by atoms with Gasteiger partial charge in [0.1, 0.15) is 0 Å². The molecule has 6 N–H and O–H groups in total. The summed E-state index contributed by atoms with van der Waals surface area (Å²) in [6.07, 6.45) is 1.47. The first-order valence-electron chi connectivity index (χ1n) is 8.98. The summed E-state index contributed by atoms with van der Waals surface area (Å²) in [6, 6.07) is 6.32. The molecular weight excluding hydrogens is 388 g/mol. The van der Waals surface area contributed by atoms with Crippen LogP contribution in [0.5, 0.6) is 0 Å². The Kier molecular flexibility index (Phi) is 5.65. The van der Waals surface area contributed by atoms with Crippen LogP contribution in [0.3, 0.4) is 0 Å². The van der Waals surface area contributed by atoms with Crippen LogP contribution in [0.25, 0.3) is 10.9 Å². The van der Waals surface area contributed by atoms with Crippen molar-refractivity contribution in [3.05, 3.63) is 29.5 Å². The molecule has 150 valence electrons. The number of hydrogen-bond acceptors (Lipinski definition) is 5. The van der Waals surface area contributed by atoms with E-state index in [1.54, 1.807) is 6.07 Å². The average Bonchev–Trinajstić information content (AvgIpc) is 2.96. The summed E-state index contributed by atoms with van der Waals surface area (Å²) in [6.45, 7) is 1.90. The lowest BCUT2D eigenvalue weighted by Crippen LogP contribution is -2.56. The third-order valence-electron chi connectivity index (χ3n) is 5.77. The molecule has 0 unspecified atom stereocenters. The highest BCUT2D eigenvalue weighted by atomic mass is 35.5. The molecule has 2 saturated heterocycles. The third kappa shape index (κ3) is 3.77. The number of nitrogens with two attached hydrogens (primary N) is 1. The van der Waals surface area contributed by atoms with Crippen molar-refractivity contribution in [2.75, 3.05) is 36.5 Å². The van der Waals surface area contributed by atoms with Crippen molar-refractivity contribution >= 4 is 45.5 Å². The number of primary amides is 1. The second-order valence-electron chi connectivity index (χ2n) is 7.42. The first-order chi connectivity index (χ1) is 12.4. The maximum absolute atomic E-state index is 11.9. The van der Waals surface area contributed by atoms with Crippen LogP contribution in [-0.4, -0.2) is 57.7 Å². The molecule has 2 fully saturated rings. The highest BCUT2D eigenvalue weighted by molar-refractivity contribution is 8.24. The molecule has 0 saturated carbocycles. The van der Waals surface area contributed by atoms with E-state index in [4.69, 9.17) is 5.73 Å². The van der Waals surface area contributed by atoms with Crippen molar-refractivity contribution in [1.82, 2.24) is 10.3 Å². The summed E-state index contributed by atoms with van der Waals surface area (Å²) in [5.41, 5.74) is 8.98. The molecule has 4 rings (SSSR count). The molecular formula is C18H27ClN4O3S. The smallest absolute Gasteiger partial charge is 0.250 e. The molecule has 3 heterocycles. The predicted octanol–water partition coefficient (Wildman–Crippen LogP) is 2.72. The lowest BCUT2D eigenvalue weighted by molar-refractivity contribution is 0.100. The van der Waals surface area contributed by atoms with Gasteiger partial charge in [0.05, 0.1) is 17.1 Å². The van der Waals surface area contributed by atoms with Crippen molar-refractivity contribution < 1.29 is 13.9 Å². The predicted molar refractivity (Wildman–Crippen MR) is 114 cm³/mol. The monoisotopic (exact) mass is 414 g/mol. The SMILES string of the molecule is CN(c1ccc(C(N)=O)c2[nH]c(C3CCS(O)(O)CC3)cc12)C1CNC1.Cl. The van der Waals surface area contributed by atoms with E-state index in [-0.39, 0.29) is 18.3 Å². The van der Waals surface area contributed by atoms with Crippen molar-refractivity contribution in [1.29, 1.82) is 0 Å². The first-order valence-corrected chi connectivity index (χ1v) is 10.9. The lowest BCUT2D eigenvalue weighted by Gasteiger charge is -2.39. The summed E-state index contributed by atoms with van der Waals surface area (Å²) < 4.78 is 19.7. The average molecular weight is 415 g/mol. The molecule has 9 heteroatoms. The van der Waals surface area contributed by atoms with E-state index < -0.39 is 16.5 Å². The topological polar surface area (TPSA) is 115 Å². The molecule has 2 aliphatic rings. The lowest BCUT2D eigenvalue weighted by atomic mass is 9.98. The highest BCUT2D eigenvalue weighted by Crippen LogP contribution is 2.48. The van der Waals surface area contributed by atoms with Crippen LogP contribution >= 0.6 is 23.0 Å². The molecule has 1 aromatic carbocycles. The fraction of sp³-hybridized carbons (Fsp3) is 0.500. The summed E-state index contributed by atoms with van der Waals surface area (Å²) in [4.78, 5) is 17.5. The van der Waals surface area contributed by atoms with Crippen molar-refractivity contribution in [2.24, 2.45) is 5.73 Å². The summed E-state index contributed by atoms with van der Waals surface area (Å²) in [5, 5.41) is 4.29. The normalized spacial score (nSPS) is 21.3. The zero-order chi connectivity index (χ0) is 18.5. The quantitative estimate of drug-likeness (QED) is 0.527. The fourth-order valence-corrected chi connectivity index (χ4v) is 5.45. The summed E-state index contributed by atoms with van der Waals surface area (Å²) >= 11 is 0. The minimum absolute atomic E-state index is 0. The Morgan fingerprint density at radius 3 is 2.48 bits per heavy atom. The van der Waals surface area contributed by atoms with Gasteiger partial charge in [-0.05, 0) is 31.0 Å². The number of likely N-dealkylation sites (N-methyl/N-ethyl adjacent to an activating group) is 1. The van der Waals surface area contributed by atoms with Crippen LogP contribution in [0, 0.1) is 0 Å². The van der Waals surface area contributed by atoms with Crippen molar-refractivity contribution in [3.8, 4) is 0 Å². The van der Waals surface area contributed by atoms with Crippen LogP contribution in [0.2, 0.25) is 0 Å². The van der Waals surface area contributed by atoms with Crippen LogP contribution < -0.4 is 16.0 Å². The number of nitrogens with zero attached hydrogens (tertiary/aromatic N) is 1.